The Labute approximate surface area is 228 Å². The van der Waals surface area contributed by atoms with E-state index in [1.807, 2.05) is 54.6 Å². The number of halogens is 1. The van der Waals surface area contributed by atoms with Crippen LogP contribution in [0, 0.1) is 0 Å². The van der Waals surface area contributed by atoms with E-state index in [0.29, 0.717) is 35.0 Å². The number of benzene rings is 3. The van der Waals surface area contributed by atoms with Crippen molar-refractivity contribution in [1.29, 1.82) is 0 Å². The molecule has 1 heterocycles. The normalized spacial score (nSPS) is 14.1. The first-order valence-corrected chi connectivity index (χ1v) is 12.8. The van der Waals surface area contributed by atoms with E-state index >= 15 is 0 Å². The van der Waals surface area contributed by atoms with Gasteiger partial charge in [0.15, 0.2) is 0 Å². The maximum absolute atomic E-state index is 11.0. The number of ether oxygens (including phenoxy) is 1. The summed E-state index contributed by atoms with van der Waals surface area (Å²) in [6, 6.07) is 21.2. The lowest BCUT2D eigenvalue weighted by molar-refractivity contribution is -0.131. The Kier molecular flexibility index (Phi) is 8.75. The van der Waals surface area contributed by atoms with Crippen LogP contribution in [0.2, 0.25) is 5.02 Å². The second-order valence-corrected chi connectivity index (χ2v) is 9.23. The Morgan fingerprint density at radius 3 is 2.58 bits per heavy atom. The van der Waals surface area contributed by atoms with Gasteiger partial charge < -0.3 is 15.3 Å². The van der Waals surface area contributed by atoms with E-state index in [9.17, 15) is 10.2 Å². The van der Waals surface area contributed by atoms with Gasteiger partial charge in [0.2, 0.25) is 0 Å². The fourth-order valence-corrected chi connectivity index (χ4v) is 5.00. The molecule has 0 amide bonds. The topological polar surface area (TPSA) is 81.2 Å². The minimum atomic E-state index is -1.01. The van der Waals surface area contributed by atoms with Gasteiger partial charge in [-0.25, -0.2) is 4.79 Å². The number of hydrogen-bond donors (Lipinski definition) is 1. The summed E-state index contributed by atoms with van der Waals surface area (Å²) in [5.74, 6) is 2.11. The minimum Gasteiger partial charge on any atom is -0.763 e. The zero-order chi connectivity index (χ0) is 27.1. The van der Waals surface area contributed by atoms with Gasteiger partial charge in [-0.3, -0.25) is 10.9 Å². The number of methoxy groups -OCH3 is 1. The fourth-order valence-electron chi connectivity index (χ4n) is 4.72. The Hall–Kier alpha value is -4.18. The zero-order valence-electron chi connectivity index (χ0n) is 21.4. The number of nitrogens with zero attached hydrogens (tertiary/aromatic N) is 2. The van der Waals surface area contributed by atoms with E-state index in [2.05, 4.69) is 18.9 Å². The van der Waals surface area contributed by atoms with Crippen molar-refractivity contribution in [2.24, 2.45) is 4.99 Å². The van der Waals surface area contributed by atoms with Crippen molar-refractivity contribution in [2.75, 3.05) is 13.7 Å². The van der Waals surface area contributed by atoms with E-state index in [0.717, 1.165) is 57.9 Å². The van der Waals surface area contributed by atoms with Crippen molar-refractivity contribution in [1.82, 2.24) is 0 Å². The van der Waals surface area contributed by atoms with Crippen LogP contribution in [0.3, 0.4) is 0 Å². The second kappa shape index (κ2) is 12.4. The second-order valence-electron chi connectivity index (χ2n) is 8.82. The first-order valence-electron chi connectivity index (χ1n) is 12.5. The summed E-state index contributed by atoms with van der Waals surface area (Å²) >= 11 is 6.77. The molecule has 5 nitrogen and oxygen atoms in total. The molecule has 1 aliphatic rings. The summed E-state index contributed by atoms with van der Waals surface area (Å²) in [6.07, 6.45) is 5.02. The summed E-state index contributed by atoms with van der Waals surface area (Å²) in [6.45, 7) is 2.65. The standard InChI is InChI=1S/C32H28ClN2O3/c1-3-25(27-16-15-24(38-2)19-29(27)33)31(23-13-10-21(11-14-23)12-17-30(36)37)32-28(20-34)26-9-5-4-7-22(26)8-6-18-35-32/h4-5,7,9-17,19H,3,6,8,18H2,1-2H3,(H,36,37)/q-1/b17-12+,31-25+,35-32?. The molecule has 0 fully saturated rings. The van der Waals surface area contributed by atoms with Gasteiger partial charge in [0.25, 0.3) is 0 Å². The van der Waals surface area contributed by atoms with Crippen LogP contribution in [0.4, 0.5) is 0 Å². The predicted octanol–water partition coefficient (Wildman–Crippen LogP) is 7.48. The molecule has 1 N–H and O–H groups in total. The molecule has 0 bridgehead atoms. The quantitative estimate of drug-likeness (QED) is 0.198. The number of carbonyl (C=O) groups is 1. The number of carboxylic acids is 1. The highest BCUT2D eigenvalue weighted by Crippen LogP contribution is 2.39. The lowest BCUT2D eigenvalue weighted by Gasteiger charge is -2.23. The fraction of sp³-hybridized carbons (Fsp3) is 0.188. The number of aliphatic carboxylic acids is 1. The van der Waals surface area contributed by atoms with Gasteiger partial charge in [0.1, 0.15) is 5.75 Å². The van der Waals surface area contributed by atoms with E-state index in [1.165, 1.54) is 0 Å². The predicted molar refractivity (Wildman–Crippen MR) is 157 cm³/mol. The summed E-state index contributed by atoms with van der Waals surface area (Å²) < 4.78 is 5.36. The van der Waals surface area contributed by atoms with Crippen LogP contribution in [0.5, 0.6) is 5.75 Å². The molecule has 3 aromatic carbocycles. The number of aliphatic imine (C=N–C) groups is 1. The van der Waals surface area contributed by atoms with Crippen molar-refractivity contribution in [3.63, 3.8) is 0 Å². The average Bonchev–Trinajstić information content (AvgIpc) is 2.92. The summed E-state index contributed by atoms with van der Waals surface area (Å²) in [5, 5.41) is 20.0. The van der Waals surface area contributed by atoms with Gasteiger partial charge in [-0.05, 0) is 76.9 Å². The molecule has 38 heavy (non-hydrogen) atoms. The third-order valence-corrected chi connectivity index (χ3v) is 6.83. The molecule has 0 spiro atoms. The van der Waals surface area contributed by atoms with Crippen LogP contribution in [0.25, 0.3) is 28.2 Å². The van der Waals surface area contributed by atoms with Crippen LogP contribution in [0.15, 0.2) is 77.8 Å². The molecule has 3 aromatic rings. The Bertz CT molecular complexity index is 1490. The number of aryl methyl sites for hydroxylation is 1. The minimum absolute atomic E-state index is 0.528. The van der Waals surface area contributed by atoms with Gasteiger partial charge in [-0.1, -0.05) is 67.1 Å². The molecule has 6 heteroatoms. The van der Waals surface area contributed by atoms with E-state index in [1.54, 1.807) is 19.3 Å². The lowest BCUT2D eigenvalue weighted by atomic mass is 9.83. The molecule has 0 saturated carbocycles. The van der Waals surface area contributed by atoms with Crippen LogP contribution in [-0.2, 0) is 11.2 Å². The van der Waals surface area contributed by atoms with E-state index < -0.39 is 5.97 Å². The van der Waals surface area contributed by atoms with Gasteiger partial charge in [-0.15, -0.1) is 0 Å². The number of fused-ring (bicyclic) bond motifs is 1. The Morgan fingerprint density at radius 1 is 1.16 bits per heavy atom. The largest absolute Gasteiger partial charge is 0.763 e. The molecule has 4 rings (SSSR count). The summed E-state index contributed by atoms with van der Waals surface area (Å²) in [7, 11) is 1.60. The number of allylic oxidation sites excluding steroid dienone is 3. The highest BCUT2D eigenvalue weighted by Gasteiger charge is 2.23. The lowest BCUT2D eigenvalue weighted by Crippen LogP contribution is -2.14. The molecule has 0 radical (unpaired) electrons. The van der Waals surface area contributed by atoms with Crippen LogP contribution in [0.1, 0.15) is 47.6 Å². The molecule has 0 atom stereocenters. The number of hydrogen-bond acceptors (Lipinski definition) is 3. The van der Waals surface area contributed by atoms with Crippen molar-refractivity contribution >= 4 is 51.9 Å². The maximum Gasteiger partial charge on any atom is 0.328 e. The third-order valence-electron chi connectivity index (χ3n) is 6.52. The number of carboxylic acid groups (broad SMARTS) is 1. The molecule has 192 valence electrons. The van der Waals surface area contributed by atoms with Crippen molar-refractivity contribution in [3.8, 4) is 5.75 Å². The van der Waals surface area contributed by atoms with Gasteiger partial charge in [-0.2, -0.15) is 0 Å². The molecule has 0 saturated heterocycles. The van der Waals surface area contributed by atoms with Crippen LogP contribution < -0.4 is 4.74 Å². The smallest absolute Gasteiger partial charge is 0.328 e. The number of rotatable bonds is 7. The molecule has 0 unspecified atom stereocenters. The SMILES string of the molecule is CC/C(=C(\C1=NCCCc2ccccc2C1=C=[N-])c1ccc(/C=C/C(=O)O)cc1)c1ccc(OC)cc1Cl. The Morgan fingerprint density at radius 2 is 1.92 bits per heavy atom. The Balaban J connectivity index is 2.00. The third kappa shape index (κ3) is 5.86. The maximum atomic E-state index is 11.0. The van der Waals surface area contributed by atoms with Gasteiger partial charge in [0, 0.05) is 23.8 Å². The average molecular weight is 524 g/mol. The highest BCUT2D eigenvalue weighted by molar-refractivity contribution is 6.52. The van der Waals surface area contributed by atoms with E-state index in [4.69, 9.17) is 26.4 Å². The highest BCUT2D eigenvalue weighted by atomic mass is 35.5. The summed E-state index contributed by atoms with van der Waals surface area (Å²) in [4.78, 5) is 16.0. The molecular weight excluding hydrogens is 496 g/mol. The summed E-state index contributed by atoms with van der Waals surface area (Å²) in [5.41, 5.74) is 7.44. The van der Waals surface area contributed by atoms with Crippen molar-refractivity contribution < 1.29 is 14.6 Å². The monoisotopic (exact) mass is 523 g/mol. The van der Waals surface area contributed by atoms with E-state index in [-0.39, 0.29) is 0 Å². The van der Waals surface area contributed by atoms with Gasteiger partial charge >= 0.3 is 5.97 Å². The van der Waals surface area contributed by atoms with Crippen molar-refractivity contribution in [3.05, 3.63) is 111 Å². The molecule has 0 aromatic heterocycles. The molecule has 1 aliphatic heterocycles. The van der Waals surface area contributed by atoms with Gasteiger partial charge in [0.05, 0.1) is 17.8 Å². The van der Waals surface area contributed by atoms with Crippen LogP contribution in [-0.4, -0.2) is 36.3 Å². The first-order chi connectivity index (χ1) is 18.5. The first kappa shape index (κ1) is 26.9. The molecular formula is C32H28ClN2O3-. The van der Waals surface area contributed by atoms with Crippen molar-refractivity contribution in [2.45, 2.75) is 26.2 Å². The van der Waals surface area contributed by atoms with Crippen LogP contribution >= 0.6 is 11.6 Å². The zero-order valence-corrected chi connectivity index (χ0v) is 22.1. The molecule has 0 aliphatic carbocycles.